The molecular formula is C19H17F4NO2S. The minimum atomic E-state index is -4.47. The molecule has 3 rings (SSSR count). The zero-order chi connectivity index (χ0) is 19.8. The Kier molecular flexibility index (Phi) is 5.12. The highest BCUT2D eigenvalue weighted by Gasteiger charge is 2.32. The van der Waals surface area contributed by atoms with Crippen LogP contribution in [0, 0.1) is 5.92 Å². The lowest BCUT2D eigenvalue weighted by Gasteiger charge is -2.10. The van der Waals surface area contributed by atoms with Gasteiger partial charge in [-0.3, -0.25) is 9.37 Å². The molecule has 1 aliphatic carbocycles. The molecule has 27 heavy (non-hydrogen) atoms. The van der Waals surface area contributed by atoms with Gasteiger partial charge in [0.25, 0.3) is 0 Å². The number of halogens is 4. The van der Waals surface area contributed by atoms with Gasteiger partial charge in [-0.15, -0.1) is 0 Å². The van der Waals surface area contributed by atoms with Crippen LogP contribution >= 0.6 is 0 Å². The second-order valence-corrected chi connectivity index (χ2v) is 8.63. The minimum Gasteiger partial charge on any atom is -0.256 e. The summed E-state index contributed by atoms with van der Waals surface area (Å²) >= 11 is 0. The molecule has 0 saturated heterocycles. The number of aromatic nitrogens is 1. The number of benzene rings is 1. The van der Waals surface area contributed by atoms with Crippen molar-refractivity contribution in [2.45, 2.75) is 23.9 Å². The third-order valence-electron chi connectivity index (χ3n) is 4.60. The Balaban J connectivity index is 2.01. The summed E-state index contributed by atoms with van der Waals surface area (Å²) in [6.45, 7) is -0.547. The topological polar surface area (TPSA) is 47.0 Å². The van der Waals surface area contributed by atoms with Crippen LogP contribution in [0.15, 0.2) is 47.5 Å². The Labute approximate surface area is 154 Å². The molecule has 8 heteroatoms. The average Bonchev–Trinajstić information content (AvgIpc) is 3.05. The van der Waals surface area contributed by atoms with Gasteiger partial charge >= 0.3 is 6.18 Å². The molecule has 1 aliphatic rings. The molecule has 0 bridgehead atoms. The van der Waals surface area contributed by atoms with Crippen LogP contribution in [0.2, 0.25) is 0 Å². The van der Waals surface area contributed by atoms with E-state index in [2.05, 4.69) is 4.98 Å². The summed E-state index contributed by atoms with van der Waals surface area (Å²) in [5.41, 5.74) is 1.73. The number of allylic oxidation sites excluding steroid dienone is 2. The monoisotopic (exact) mass is 399 g/mol. The summed E-state index contributed by atoms with van der Waals surface area (Å²) in [7, 11) is -3.34. The number of pyridine rings is 1. The molecule has 1 unspecified atom stereocenters. The summed E-state index contributed by atoms with van der Waals surface area (Å²) < 4.78 is 74.7. The van der Waals surface area contributed by atoms with Gasteiger partial charge in [-0.25, -0.2) is 8.42 Å². The Bertz CT molecular complexity index is 962. The van der Waals surface area contributed by atoms with Gasteiger partial charge in [0.2, 0.25) is 0 Å². The van der Waals surface area contributed by atoms with E-state index in [0.29, 0.717) is 24.1 Å². The first-order valence-corrected chi connectivity index (χ1v) is 10.1. The molecule has 0 N–H and O–H groups in total. The molecule has 0 spiro atoms. The summed E-state index contributed by atoms with van der Waals surface area (Å²) in [5.74, 6) is -0.270. The molecular weight excluding hydrogens is 382 g/mol. The Morgan fingerprint density at radius 2 is 1.67 bits per heavy atom. The SMILES string of the molecule is CS(=O)(=O)c1ccc(C2=C(c3ccc(C(F)(F)F)cn3)CC(CF)C2)cc1. The minimum absolute atomic E-state index is 0.168. The number of hydrogen-bond acceptors (Lipinski definition) is 3. The van der Waals surface area contributed by atoms with E-state index in [1.54, 1.807) is 12.1 Å². The number of nitrogens with zero attached hydrogens (tertiary/aromatic N) is 1. The van der Waals surface area contributed by atoms with Crippen LogP contribution in [0.3, 0.4) is 0 Å². The lowest BCUT2D eigenvalue weighted by Crippen LogP contribution is -2.06. The Morgan fingerprint density at radius 3 is 2.15 bits per heavy atom. The van der Waals surface area contributed by atoms with Crippen LogP contribution in [-0.2, 0) is 16.0 Å². The number of alkyl halides is 4. The predicted molar refractivity (Wildman–Crippen MR) is 94.3 cm³/mol. The van der Waals surface area contributed by atoms with Gasteiger partial charge in [0.1, 0.15) is 0 Å². The maximum absolute atomic E-state index is 13.2. The zero-order valence-electron chi connectivity index (χ0n) is 14.4. The number of hydrogen-bond donors (Lipinski definition) is 0. The second-order valence-electron chi connectivity index (χ2n) is 6.61. The first-order chi connectivity index (χ1) is 12.6. The van der Waals surface area contributed by atoms with Crippen molar-refractivity contribution in [2.24, 2.45) is 5.92 Å². The van der Waals surface area contributed by atoms with E-state index >= 15 is 0 Å². The van der Waals surface area contributed by atoms with Gasteiger partial charge in [0.05, 0.1) is 22.8 Å². The molecule has 0 aliphatic heterocycles. The van der Waals surface area contributed by atoms with E-state index in [1.165, 1.54) is 18.2 Å². The van der Waals surface area contributed by atoms with Crippen molar-refractivity contribution in [1.82, 2.24) is 4.98 Å². The summed E-state index contributed by atoms with van der Waals surface area (Å²) in [4.78, 5) is 4.10. The lowest BCUT2D eigenvalue weighted by atomic mass is 9.99. The Hall–Kier alpha value is -2.22. The molecule has 144 valence electrons. The van der Waals surface area contributed by atoms with Crippen molar-refractivity contribution in [1.29, 1.82) is 0 Å². The fourth-order valence-electron chi connectivity index (χ4n) is 3.20. The highest BCUT2D eigenvalue weighted by atomic mass is 32.2. The summed E-state index contributed by atoms with van der Waals surface area (Å²) in [6.07, 6.45) is -1.80. The van der Waals surface area contributed by atoms with Gasteiger partial charge in [0.15, 0.2) is 9.84 Å². The maximum Gasteiger partial charge on any atom is 0.417 e. The Morgan fingerprint density at radius 1 is 1.04 bits per heavy atom. The van der Waals surface area contributed by atoms with Crippen LogP contribution in [0.4, 0.5) is 17.6 Å². The van der Waals surface area contributed by atoms with Gasteiger partial charge < -0.3 is 0 Å². The van der Waals surface area contributed by atoms with E-state index in [4.69, 9.17) is 0 Å². The third-order valence-corrected chi connectivity index (χ3v) is 5.73. The van der Waals surface area contributed by atoms with Crippen molar-refractivity contribution < 1.29 is 26.0 Å². The molecule has 1 aromatic heterocycles. The highest BCUT2D eigenvalue weighted by Crippen LogP contribution is 2.43. The molecule has 0 radical (unpaired) electrons. The zero-order valence-corrected chi connectivity index (χ0v) is 15.2. The van der Waals surface area contributed by atoms with E-state index < -0.39 is 28.3 Å². The van der Waals surface area contributed by atoms with Gasteiger partial charge in [-0.05, 0) is 59.7 Å². The van der Waals surface area contributed by atoms with Gasteiger partial charge in [-0.2, -0.15) is 13.2 Å². The van der Waals surface area contributed by atoms with Crippen LogP contribution in [0.5, 0.6) is 0 Å². The molecule has 0 amide bonds. The van der Waals surface area contributed by atoms with Crippen molar-refractivity contribution >= 4 is 21.0 Å². The lowest BCUT2D eigenvalue weighted by molar-refractivity contribution is -0.137. The molecule has 0 saturated carbocycles. The van der Waals surface area contributed by atoms with Gasteiger partial charge in [0, 0.05) is 12.5 Å². The van der Waals surface area contributed by atoms with Crippen LogP contribution in [0.1, 0.15) is 29.7 Å². The van der Waals surface area contributed by atoms with E-state index in [9.17, 15) is 26.0 Å². The highest BCUT2D eigenvalue weighted by molar-refractivity contribution is 7.90. The second kappa shape index (κ2) is 7.07. The molecule has 1 atom stereocenters. The fraction of sp³-hybridized carbons (Fsp3) is 0.316. The first-order valence-electron chi connectivity index (χ1n) is 8.21. The van der Waals surface area contributed by atoms with Crippen molar-refractivity contribution in [2.75, 3.05) is 12.9 Å². The quantitative estimate of drug-likeness (QED) is 0.695. The van der Waals surface area contributed by atoms with E-state index in [-0.39, 0.29) is 10.8 Å². The third kappa shape index (κ3) is 4.21. The predicted octanol–water partition coefficient (Wildman–Crippen LogP) is 4.79. The van der Waals surface area contributed by atoms with Crippen molar-refractivity contribution in [3.8, 4) is 0 Å². The number of rotatable bonds is 4. The summed E-state index contributed by atoms with van der Waals surface area (Å²) in [5, 5.41) is 0. The fourth-order valence-corrected chi connectivity index (χ4v) is 3.83. The molecule has 1 heterocycles. The molecule has 3 nitrogen and oxygen atoms in total. The summed E-state index contributed by atoms with van der Waals surface area (Å²) in [6, 6.07) is 8.47. The van der Waals surface area contributed by atoms with E-state index in [0.717, 1.165) is 29.7 Å². The average molecular weight is 399 g/mol. The van der Waals surface area contributed by atoms with Crippen LogP contribution in [0.25, 0.3) is 11.1 Å². The van der Waals surface area contributed by atoms with Gasteiger partial charge in [-0.1, -0.05) is 12.1 Å². The standard InChI is InChI=1S/C19H17F4NO2S/c1-27(25,26)15-5-2-13(3-6-15)16-8-12(10-20)9-17(16)18-7-4-14(11-24-18)19(21,22)23/h2-7,11-12H,8-10H2,1H3. The first kappa shape index (κ1) is 19.5. The number of sulfone groups is 1. The molecule has 1 aromatic carbocycles. The smallest absolute Gasteiger partial charge is 0.256 e. The largest absolute Gasteiger partial charge is 0.417 e. The van der Waals surface area contributed by atoms with Crippen molar-refractivity contribution in [3.05, 3.63) is 59.4 Å². The van der Waals surface area contributed by atoms with Crippen molar-refractivity contribution in [3.63, 3.8) is 0 Å². The normalized spacial score (nSPS) is 18.2. The molecule has 2 aromatic rings. The molecule has 0 fully saturated rings. The van der Waals surface area contributed by atoms with Crippen LogP contribution < -0.4 is 0 Å². The van der Waals surface area contributed by atoms with E-state index in [1.807, 2.05) is 0 Å². The van der Waals surface area contributed by atoms with Crippen LogP contribution in [-0.4, -0.2) is 26.3 Å². The maximum atomic E-state index is 13.2.